The number of benzene rings is 3. The lowest BCUT2D eigenvalue weighted by molar-refractivity contribution is 0.172. The van der Waals surface area contributed by atoms with Crippen LogP contribution in [0.2, 0.25) is 5.02 Å². The predicted octanol–water partition coefficient (Wildman–Crippen LogP) is 6.07. The zero-order valence-electron chi connectivity index (χ0n) is 18.6. The molecule has 170 valence electrons. The third kappa shape index (κ3) is 3.70. The third-order valence-electron chi connectivity index (χ3n) is 5.98. The molecule has 3 aromatic rings. The second-order valence-corrected chi connectivity index (χ2v) is 8.60. The molecule has 0 amide bonds. The van der Waals surface area contributed by atoms with Crippen LogP contribution >= 0.6 is 11.6 Å². The molecule has 0 aliphatic carbocycles. The summed E-state index contributed by atoms with van der Waals surface area (Å²) in [7, 11) is 0. The molecule has 0 bridgehead atoms. The first-order valence-corrected chi connectivity index (χ1v) is 11.6. The molecule has 3 aliphatic rings. The Morgan fingerprint density at radius 2 is 1.62 bits per heavy atom. The SMILES string of the molecule is CCOc1ccc(-c2nnc3c4cc5c(cc4n(Cc4ccc(Cl)cc4)cc2-3)OCCO5)cc1. The van der Waals surface area contributed by atoms with E-state index in [1.165, 1.54) is 0 Å². The van der Waals surface area contributed by atoms with E-state index in [2.05, 4.69) is 21.0 Å². The second-order valence-electron chi connectivity index (χ2n) is 8.16. The Bertz CT molecular complexity index is 1450. The van der Waals surface area contributed by atoms with Gasteiger partial charge in [-0.15, -0.1) is 10.2 Å². The number of halogens is 1. The summed E-state index contributed by atoms with van der Waals surface area (Å²) in [6, 6.07) is 19.9. The number of nitrogens with zero attached hydrogens (tertiary/aromatic N) is 3. The average Bonchev–Trinajstić information content (AvgIpc) is 3.29. The lowest BCUT2D eigenvalue weighted by Crippen LogP contribution is -2.15. The summed E-state index contributed by atoms with van der Waals surface area (Å²) in [5.41, 5.74) is 5.77. The van der Waals surface area contributed by atoms with Gasteiger partial charge in [-0.3, -0.25) is 0 Å². The maximum atomic E-state index is 6.11. The van der Waals surface area contributed by atoms with Crippen molar-refractivity contribution in [2.75, 3.05) is 19.8 Å². The van der Waals surface area contributed by atoms with Gasteiger partial charge in [0.25, 0.3) is 0 Å². The number of aromatic nitrogens is 3. The van der Waals surface area contributed by atoms with Crippen molar-refractivity contribution in [3.8, 4) is 39.8 Å². The molecule has 6 nitrogen and oxygen atoms in total. The van der Waals surface area contributed by atoms with Gasteiger partial charge in [-0.25, -0.2) is 0 Å². The first-order valence-electron chi connectivity index (χ1n) is 11.3. The Kier molecular flexibility index (Phi) is 5.23. The summed E-state index contributed by atoms with van der Waals surface area (Å²) in [4.78, 5) is 0. The van der Waals surface area contributed by atoms with Gasteiger partial charge in [0.05, 0.1) is 12.1 Å². The van der Waals surface area contributed by atoms with E-state index in [9.17, 15) is 0 Å². The highest BCUT2D eigenvalue weighted by molar-refractivity contribution is 6.30. The van der Waals surface area contributed by atoms with E-state index in [-0.39, 0.29) is 0 Å². The molecule has 34 heavy (non-hydrogen) atoms. The number of rotatable bonds is 5. The summed E-state index contributed by atoms with van der Waals surface area (Å²) in [6.07, 6.45) is 2.12. The van der Waals surface area contributed by atoms with Gasteiger partial charge in [-0.1, -0.05) is 23.7 Å². The number of hydrogen-bond donors (Lipinski definition) is 0. The van der Waals surface area contributed by atoms with Crippen molar-refractivity contribution < 1.29 is 14.2 Å². The van der Waals surface area contributed by atoms with Gasteiger partial charge >= 0.3 is 0 Å². The van der Waals surface area contributed by atoms with Gasteiger partial charge in [0.1, 0.15) is 30.4 Å². The Morgan fingerprint density at radius 3 is 2.35 bits per heavy atom. The number of fused-ring (bicyclic) bond motifs is 4. The Morgan fingerprint density at radius 1 is 0.912 bits per heavy atom. The fraction of sp³-hybridized carbons (Fsp3) is 0.185. The van der Waals surface area contributed by atoms with E-state index in [1.807, 2.05) is 67.6 Å². The van der Waals surface area contributed by atoms with Gasteiger partial charge in [0.2, 0.25) is 0 Å². The average molecular weight is 472 g/mol. The van der Waals surface area contributed by atoms with Crippen LogP contribution in [0, 0.1) is 0 Å². The smallest absolute Gasteiger partial charge is 0.163 e. The summed E-state index contributed by atoms with van der Waals surface area (Å²) in [5.74, 6) is 2.31. The first kappa shape index (κ1) is 20.8. The van der Waals surface area contributed by atoms with Crippen molar-refractivity contribution in [3.05, 3.63) is 77.4 Å². The lowest BCUT2D eigenvalue weighted by Gasteiger charge is -2.21. The standard InChI is InChI=1S/C27H22ClN3O3/c1-2-32-20-9-5-18(6-10-20)26-22-16-31(15-17-3-7-19(28)8-4-17)23-14-25-24(33-11-12-34-25)13-21(23)27(22)30-29-26/h3-10,13-14,16H,2,11-12,15H2,1H3. The maximum Gasteiger partial charge on any atom is 0.163 e. The van der Waals surface area contributed by atoms with Crippen LogP contribution in [-0.2, 0) is 6.54 Å². The number of ether oxygens (including phenoxy) is 3. The molecule has 0 fully saturated rings. The van der Waals surface area contributed by atoms with E-state index in [0.717, 1.165) is 61.3 Å². The number of pyridine rings is 1. The highest BCUT2D eigenvalue weighted by Crippen LogP contribution is 2.42. The molecule has 7 heteroatoms. The molecule has 0 unspecified atom stereocenters. The minimum absolute atomic E-state index is 0.531. The molecule has 3 aromatic carbocycles. The fourth-order valence-corrected chi connectivity index (χ4v) is 4.50. The topological polar surface area (TPSA) is 58.4 Å². The lowest BCUT2D eigenvalue weighted by atomic mass is 10.0. The van der Waals surface area contributed by atoms with E-state index in [4.69, 9.17) is 25.8 Å². The summed E-state index contributed by atoms with van der Waals surface area (Å²) in [5, 5.41) is 10.8. The summed E-state index contributed by atoms with van der Waals surface area (Å²) < 4.78 is 19.5. The van der Waals surface area contributed by atoms with Crippen LogP contribution < -0.4 is 14.2 Å². The van der Waals surface area contributed by atoms with E-state index >= 15 is 0 Å². The van der Waals surface area contributed by atoms with Gasteiger partial charge in [-0.05, 0) is 55.0 Å². The quantitative estimate of drug-likeness (QED) is 0.311. The van der Waals surface area contributed by atoms with Gasteiger partial charge < -0.3 is 18.8 Å². The molecule has 3 heterocycles. The molecule has 0 N–H and O–H groups in total. The molecule has 6 rings (SSSR count). The largest absolute Gasteiger partial charge is 0.494 e. The Hall–Kier alpha value is -3.77. The van der Waals surface area contributed by atoms with E-state index in [0.29, 0.717) is 26.4 Å². The third-order valence-corrected chi connectivity index (χ3v) is 6.23. The molecular formula is C27H22ClN3O3. The van der Waals surface area contributed by atoms with Crippen LogP contribution in [0.25, 0.3) is 33.4 Å². The summed E-state index contributed by atoms with van der Waals surface area (Å²) in [6.45, 7) is 4.34. The zero-order valence-corrected chi connectivity index (χ0v) is 19.4. The van der Waals surface area contributed by atoms with Crippen molar-refractivity contribution in [3.63, 3.8) is 0 Å². The minimum atomic E-state index is 0.531. The van der Waals surface area contributed by atoms with Crippen LogP contribution in [0.1, 0.15) is 12.5 Å². The summed E-state index contributed by atoms with van der Waals surface area (Å²) >= 11 is 6.11. The highest BCUT2D eigenvalue weighted by Gasteiger charge is 2.23. The van der Waals surface area contributed by atoms with Gasteiger partial charge in [0, 0.05) is 40.3 Å². The van der Waals surface area contributed by atoms with E-state index in [1.54, 1.807) is 0 Å². The minimum Gasteiger partial charge on any atom is -0.494 e. The van der Waals surface area contributed by atoms with Gasteiger partial charge in [-0.2, -0.15) is 0 Å². The van der Waals surface area contributed by atoms with Crippen LogP contribution in [0.5, 0.6) is 17.2 Å². The number of hydrogen-bond acceptors (Lipinski definition) is 5. The van der Waals surface area contributed by atoms with Crippen molar-refractivity contribution in [2.24, 2.45) is 0 Å². The monoisotopic (exact) mass is 471 g/mol. The van der Waals surface area contributed by atoms with Crippen molar-refractivity contribution in [1.29, 1.82) is 0 Å². The van der Waals surface area contributed by atoms with Crippen molar-refractivity contribution in [1.82, 2.24) is 14.8 Å². The predicted molar refractivity (Wildman–Crippen MR) is 132 cm³/mol. The highest BCUT2D eigenvalue weighted by atomic mass is 35.5. The molecule has 0 aromatic heterocycles. The van der Waals surface area contributed by atoms with Crippen LogP contribution in [0.3, 0.4) is 0 Å². The van der Waals surface area contributed by atoms with E-state index < -0.39 is 0 Å². The van der Waals surface area contributed by atoms with Crippen LogP contribution in [0.15, 0.2) is 66.9 Å². The molecule has 0 radical (unpaired) electrons. The molecule has 0 saturated heterocycles. The zero-order chi connectivity index (χ0) is 23.1. The molecule has 0 atom stereocenters. The molecular weight excluding hydrogens is 450 g/mol. The molecule has 0 spiro atoms. The fourth-order valence-electron chi connectivity index (χ4n) is 4.38. The Balaban J connectivity index is 1.53. The van der Waals surface area contributed by atoms with Crippen LogP contribution in [-0.4, -0.2) is 34.6 Å². The van der Waals surface area contributed by atoms with Crippen molar-refractivity contribution in [2.45, 2.75) is 13.5 Å². The van der Waals surface area contributed by atoms with Crippen molar-refractivity contribution >= 4 is 22.5 Å². The molecule has 0 saturated carbocycles. The molecule has 3 aliphatic heterocycles. The van der Waals surface area contributed by atoms with Gasteiger partial charge in [0.15, 0.2) is 11.5 Å². The first-order chi connectivity index (χ1) is 16.7. The normalized spacial score (nSPS) is 12.9. The Labute approximate surface area is 202 Å². The maximum absolute atomic E-state index is 6.11. The van der Waals surface area contributed by atoms with Crippen LogP contribution in [0.4, 0.5) is 0 Å². The second kappa shape index (κ2) is 8.54.